The molecule has 2 heterocycles. The van der Waals surface area contributed by atoms with Gasteiger partial charge in [-0.15, -0.1) is 5.10 Å². The molecule has 0 aliphatic carbocycles. The Labute approximate surface area is 183 Å². The van der Waals surface area contributed by atoms with Gasteiger partial charge in [0.2, 0.25) is 11.7 Å². The Bertz CT molecular complexity index is 1350. The number of anilines is 2. The number of amides is 2. The third kappa shape index (κ3) is 4.79. The van der Waals surface area contributed by atoms with Crippen LogP contribution in [-0.2, 0) is 11.0 Å². The summed E-state index contributed by atoms with van der Waals surface area (Å²) in [4.78, 5) is 31.5. The normalized spacial score (nSPS) is 11.4. The Kier molecular flexibility index (Phi) is 5.50. The van der Waals surface area contributed by atoms with Crippen molar-refractivity contribution >= 4 is 29.0 Å². The number of benzene rings is 2. The maximum Gasteiger partial charge on any atom is 0.433 e. The van der Waals surface area contributed by atoms with Crippen LogP contribution < -0.4 is 10.6 Å². The molecular weight excluding hydrogens is 444 g/mol. The van der Waals surface area contributed by atoms with E-state index in [1.54, 1.807) is 0 Å². The standard InChI is InChI=1S/C21H14F4N6O2/c1-11(32)26-14-6-8-15(9-7-14)27-19(33)18-29-20-28-16(12-2-4-13(22)5-3-12)10-17(21(23,24)25)31(20)30-18/h2-10H,1H3,(H,26,32)(H,27,33). The Hall–Kier alpha value is -4.35. The van der Waals surface area contributed by atoms with E-state index in [0.29, 0.717) is 15.9 Å². The Balaban J connectivity index is 1.68. The fourth-order valence-electron chi connectivity index (χ4n) is 2.96. The molecule has 0 unspecified atom stereocenters. The molecule has 2 aromatic heterocycles. The van der Waals surface area contributed by atoms with Crippen molar-refractivity contribution in [3.63, 3.8) is 0 Å². The maximum absolute atomic E-state index is 13.7. The number of nitrogens with one attached hydrogen (secondary N) is 2. The van der Waals surface area contributed by atoms with Gasteiger partial charge in [-0.1, -0.05) is 0 Å². The first-order valence-electron chi connectivity index (χ1n) is 9.40. The molecule has 0 saturated carbocycles. The fourth-order valence-corrected chi connectivity index (χ4v) is 2.96. The second kappa shape index (κ2) is 8.30. The smallest absolute Gasteiger partial charge is 0.326 e. The minimum absolute atomic E-state index is 0.109. The maximum atomic E-state index is 13.7. The molecule has 2 aromatic carbocycles. The molecule has 0 atom stereocenters. The Morgan fingerprint density at radius 3 is 2.09 bits per heavy atom. The van der Waals surface area contributed by atoms with Crippen molar-refractivity contribution in [1.29, 1.82) is 0 Å². The van der Waals surface area contributed by atoms with E-state index >= 15 is 0 Å². The van der Waals surface area contributed by atoms with Crippen molar-refractivity contribution in [3.8, 4) is 11.3 Å². The molecule has 2 N–H and O–H groups in total. The monoisotopic (exact) mass is 458 g/mol. The highest BCUT2D eigenvalue weighted by Crippen LogP contribution is 2.32. The fraction of sp³-hybridized carbons (Fsp3) is 0.0952. The summed E-state index contributed by atoms with van der Waals surface area (Å²) in [6.45, 7) is 1.34. The minimum Gasteiger partial charge on any atom is -0.326 e. The van der Waals surface area contributed by atoms with Gasteiger partial charge in [-0.05, 0) is 54.6 Å². The van der Waals surface area contributed by atoms with Crippen LogP contribution in [0.15, 0.2) is 54.6 Å². The van der Waals surface area contributed by atoms with Gasteiger partial charge in [0.25, 0.3) is 11.7 Å². The first-order chi connectivity index (χ1) is 15.6. The number of carbonyl (C=O) groups excluding carboxylic acids is 2. The van der Waals surface area contributed by atoms with Crippen LogP contribution >= 0.6 is 0 Å². The van der Waals surface area contributed by atoms with Crippen molar-refractivity contribution < 1.29 is 27.2 Å². The third-order valence-electron chi connectivity index (χ3n) is 4.41. The third-order valence-corrected chi connectivity index (χ3v) is 4.41. The molecule has 4 rings (SSSR count). The highest BCUT2D eigenvalue weighted by atomic mass is 19.4. The first-order valence-corrected chi connectivity index (χ1v) is 9.40. The zero-order valence-corrected chi connectivity index (χ0v) is 16.8. The second-order valence-electron chi connectivity index (χ2n) is 6.89. The van der Waals surface area contributed by atoms with Crippen molar-refractivity contribution in [3.05, 3.63) is 71.9 Å². The lowest BCUT2D eigenvalue weighted by Crippen LogP contribution is -2.16. The van der Waals surface area contributed by atoms with Crippen molar-refractivity contribution in [2.75, 3.05) is 10.6 Å². The zero-order chi connectivity index (χ0) is 23.8. The summed E-state index contributed by atoms with van der Waals surface area (Å²) in [7, 11) is 0. The number of hydrogen-bond acceptors (Lipinski definition) is 5. The summed E-state index contributed by atoms with van der Waals surface area (Å²) in [6.07, 6.45) is -4.82. The summed E-state index contributed by atoms with van der Waals surface area (Å²) in [5.74, 6) is -2.66. The molecule has 33 heavy (non-hydrogen) atoms. The number of carbonyl (C=O) groups is 2. The van der Waals surface area contributed by atoms with Crippen LogP contribution in [0.3, 0.4) is 0 Å². The van der Waals surface area contributed by atoms with E-state index < -0.39 is 35.2 Å². The number of alkyl halides is 3. The first kappa shape index (κ1) is 21.9. The molecule has 0 spiro atoms. The van der Waals surface area contributed by atoms with Gasteiger partial charge in [-0.2, -0.15) is 22.7 Å². The molecule has 168 valence electrons. The molecular formula is C21H14F4N6O2. The Morgan fingerprint density at radius 1 is 0.909 bits per heavy atom. The summed E-state index contributed by atoms with van der Waals surface area (Å²) >= 11 is 0. The predicted octanol–water partition coefficient (Wildman–Crippen LogP) is 4.16. The lowest BCUT2D eigenvalue weighted by molar-refractivity contribution is -0.142. The van der Waals surface area contributed by atoms with Crippen molar-refractivity contribution in [1.82, 2.24) is 19.6 Å². The van der Waals surface area contributed by atoms with E-state index in [2.05, 4.69) is 25.7 Å². The van der Waals surface area contributed by atoms with Gasteiger partial charge in [0.05, 0.1) is 5.69 Å². The molecule has 12 heteroatoms. The van der Waals surface area contributed by atoms with Gasteiger partial charge in [0.1, 0.15) is 5.82 Å². The highest BCUT2D eigenvalue weighted by molar-refractivity contribution is 6.02. The molecule has 0 aliphatic heterocycles. The largest absolute Gasteiger partial charge is 0.433 e. The van der Waals surface area contributed by atoms with E-state index in [1.165, 1.54) is 43.3 Å². The molecule has 2 amide bonds. The van der Waals surface area contributed by atoms with Crippen LogP contribution in [0.1, 0.15) is 23.2 Å². The van der Waals surface area contributed by atoms with Crippen LogP contribution in [0.5, 0.6) is 0 Å². The van der Waals surface area contributed by atoms with Gasteiger partial charge in [0.15, 0.2) is 5.69 Å². The molecule has 0 radical (unpaired) electrons. The van der Waals surface area contributed by atoms with Gasteiger partial charge in [-0.3, -0.25) is 9.59 Å². The average molecular weight is 458 g/mol. The molecule has 4 aromatic rings. The SMILES string of the molecule is CC(=O)Nc1ccc(NC(=O)c2nc3nc(-c4ccc(F)cc4)cc(C(F)(F)F)n3n2)cc1. The number of hydrogen-bond donors (Lipinski definition) is 2. The van der Waals surface area contributed by atoms with Crippen LogP contribution in [0, 0.1) is 5.82 Å². The average Bonchev–Trinajstić information content (AvgIpc) is 3.18. The summed E-state index contributed by atoms with van der Waals surface area (Å²) < 4.78 is 54.6. The lowest BCUT2D eigenvalue weighted by atomic mass is 10.1. The van der Waals surface area contributed by atoms with Gasteiger partial charge in [-0.25, -0.2) is 9.37 Å². The van der Waals surface area contributed by atoms with Crippen LogP contribution in [0.25, 0.3) is 17.0 Å². The highest BCUT2D eigenvalue weighted by Gasteiger charge is 2.36. The van der Waals surface area contributed by atoms with Crippen LogP contribution in [0.2, 0.25) is 0 Å². The Morgan fingerprint density at radius 2 is 1.52 bits per heavy atom. The molecule has 8 nitrogen and oxygen atoms in total. The van der Waals surface area contributed by atoms with E-state index in [-0.39, 0.29) is 17.2 Å². The number of fused-ring (bicyclic) bond motifs is 1. The number of aromatic nitrogens is 4. The van der Waals surface area contributed by atoms with E-state index in [1.807, 2.05) is 0 Å². The van der Waals surface area contributed by atoms with Crippen molar-refractivity contribution in [2.24, 2.45) is 0 Å². The van der Waals surface area contributed by atoms with Crippen LogP contribution in [-0.4, -0.2) is 31.4 Å². The topological polar surface area (TPSA) is 101 Å². The van der Waals surface area contributed by atoms with Gasteiger partial charge < -0.3 is 10.6 Å². The van der Waals surface area contributed by atoms with E-state index in [0.717, 1.165) is 18.2 Å². The predicted molar refractivity (Wildman–Crippen MR) is 110 cm³/mol. The minimum atomic E-state index is -4.82. The summed E-state index contributed by atoms with van der Waals surface area (Å²) in [5, 5.41) is 8.71. The summed E-state index contributed by atoms with van der Waals surface area (Å²) in [5.41, 5.74) is -0.263. The van der Waals surface area contributed by atoms with Gasteiger partial charge >= 0.3 is 6.18 Å². The van der Waals surface area contributed by atoms with Crippen molar-refractivity contribution in [2.45, 2.75) is 13.1 Å². The second-order valence-corrected chi connectivity index (χ2v) is 6.89. The quantitative estimate of drug-likeness (QED) is 0.448. The number of rotatable bonds is 4. The van der Waals surface area contributed by atoms with E-state index in [4.69, 9.17) is 0 Å². The van der Waals surface area contributed by atoms with Crippen LogP contribution in [0.4, 0.5) is 28.9 Å². The molecule has 0 bridgehead atoms. The summed E-state index contributed by atoms with van der Waals surface area (Å²) in [6, 6.07) is 11.5. The number of nitrogens with zero attached hydrogens (tertiary/aromatic N) is 4. The molecule has 0 saturated heterocycles. The van der Waals surface area contributed by atoms with E-state index in [9.17, 15) is 27.2 Å². The zero-order valence-electron chi connectivity index (χ0n) is 16.8. The number of halogens is 4. The lowest BCUT2D eigenvalue weighted by Gasteiger charge is -2.10. The molecule has 0 aliphatic rings. The molecule has 0 fully saturated rings. The van der Waals surface area contributed by atoms with Gasteiger partial charge in [0, 0.05) is 23.9 Å².